The molecule has 3 rings (SSSR count). The summed E-state index contributed by atoms with van der Waals surface area (Å²) in [6.45, 7) is 4.92. The van der Waals surface area contributed by atoms with E-state index in [0.29, 0.717) is 45.8 Å². The Morgan fingerprint density at radius 1 is 1.12 bits per heavy atom. The molecule has 1 N–H and O–H groups in total. The Balaban J connectivity index is 1.34. The second-order valence-electron chi connectivity index (χ2n) is 6.26. The molecule has 1 saturated heterocycles. The standard InChI is InChI=1S/C18H25NO5/c1-18(23-11-12-24-18)7-8-19-17(20)4-2-3-14-5-6-15-16(13-14)22-10-9-21-15/h5-6,13H,2-4,7-12H2,1H3,(H,19,20). The molecular formula is C18H25NO5. The van der Waals surface area contributed by atoms with Crippen molar-refractivity contribution in [2.24, 2.45) is 0 Å². The summed E-state index contributed by atoms with van der Waals surface area (Å²) in [4.78, 5) is 11.9. The molecule has 1 aromatic rings. The van der Waals surface area contributed by atoms with Crippen molar-refractivity contribution in [1.29, 1.82) is 0 Å². The molecule has 132 valence electrons. The summed E-state index contributed by atoms with van der Waals surface area (Å²) in [5.41, 5.74) is 1.16. The number of fused-ring (bicyclic) bond motifs is 1. The van der Waals surface area contributed by atoms with Gasteiger partial charge in [0.2, 0.25) is 5.91 Å². The number of hydrogen-bond acceptors (Lipinski definition) is 5. The molecule has 1 fully saturated rings. The molecule has 0 atom stereocenters. The Labute approximate surface area is 142 Å². The zero-order chi connectivity index (χ0) is 16.8. The van der Waals surface area contributed by atoms with Gasteiger partial charge in [0.1, 0.15) is 13.2 Å². The maximum Gasteiger partial charge on any atom is 0.220 e. The predicted octanol–water partition coefficient (Wildman–Crippen LogP) is 2.05. The van der Waals surface area contributed by atoms with E-state index in [0.717, 1.165) is 29.9 Å². The molecule has 2 aliphatic heterocycles. The summed E-state index contributed by atoms with van der Waals surface area (Å²) < 4.78 is 22.1. The molecule has 1 amide bonds. The first-order valence-corrected chi connectivity index (χ1v) is 8.58. The van der Waals surface area contributed by atoms with Gasteiger partial charge in [-0.3, -0.25) is 4.79 Å². The van der Waals surface area contributed by atoms with E-state index in [1.54, 1.807) is 0 Å². The topological polar surface area (TPSA) is 66.0 Å². The van der Waals surface area contributed by atoms with Crippen molar-refractivity contribution in [1.82, 2.24) is 5.32 Å². The van der Waals surface area contributed by atoms with Gasteiger partial charge in [-0.2, -0.15) is 0 Å². The van der Waals surface area contributed by atoms with E-state index in [2.05, 4.69) is 5.32 Å². The van der Waals surface area contributed by atoms with E-state index in [1.165, 1.54) is 0 Å². The second-order valence-corrected chi connectivity index (χ2v) is 6.26. The number of carbonyl (C=O) groups excluding carboxylic acids is 1. The summed E-state index contributed by atoms with van der Waals surface area (Å²) in [6.07, 6.45) is 2.82. The van der Waals surface area contributed by atoms with E-state index in [1.807, 2.05) is 25.1 Å². The normalized spacial score (nSPS) is 18.4. The monoisotopic (exact) mass is 335 g/mol. The molecule has 1 aromatic carbocycles. The van der Waals surface area contributed by atoms with E-state index < -0.39 is 5.79 Å². The SMILES string of the molecule is CC1(CCNC(=O)CCCc2ccc3c(c2)OCCO3)OCCO1. The van der Waals surface area contributed by atoms with Crippen LogP contribution in [0.15, 0.2) is 18.2 Å². The van der Waals surface area contributed by atoms with E-state index in [-0.39, 0.29) is 5.91 Å². The highest BCUT2D eigenvalue weighted by molar-refractivity contribution is 5.75. The Morgan fingerprint density at radius 3 is 2.67 bits per heavy atom. The summed E-state index contributed by atoms with van der Waals surface area (Å²) in [7, 11) is 0. The minimum atomic E-state index is -0.543. The lowest BCUT2D eigenvalue weighted by Crippen LogP contribution is -2.33. The summed E-state index contributed by atoms with van der Waals surface area (Å²) >= 11 is 0. The summed E-state index contributed by atoms with van der Waals surface area (Å²) in [6, 6.07) is 5.97. The number of benzene rings is 1. The minimum Gasteiger partial charge on any atom is -0.486 e. The number of hydrogen-bond donors (Lipinski definition) is 1. The van der Waals surface area contributed by atoms with E-state index >= 15 is 0 Å². The van der Waals surface area contributed by atoms with E-state index in [9.17, 15) is 4.79 Å². The van der Waals surface area contributed by atoms with Crippen LogP contribution in [0, 0.1) is 0 Å². The smallest absolute Gasteiger partial charge is 0.220 e. The van der Waals surface area contributed by atoms with Crippen LogP contribution in [0.5, 0.6) is 11.5 Å². The highest BCUT2D eigenvalue weighted by Crippen LogP contribution is 2.31. The second kappa shape index (κ2) is 7.85. The van der Waals surface area contributed by atoms with Crippen LogP contribution in [0.25, 0.3) is 0 Å². The average Bonchev–Trinajstić information content (AvgIpc) is 3.01. The van der Waals surface area contributed by atoms with Gasteiger partial charge in [0.25, 0.3) is 0 Å². The van der Waals surface area contributed by atoms with Crippen LogP contribution in [0.4, 0.5) is 0 Å². The van der Waals surface area contributed by atoms with Crippen LogP contribution < -0.4 is 14.8 Å². The first kappa shape index (κ1) is 17.0. The molecule has 2 aliphatic rings. The Kier molecular flexibility index (Phi) is 5.58. The van der Waals surface area contributed by atoms with Crippen molar-refractivity contribution in [2.45, 2.75) is 38.4 Å². The van der Waals surface area contributed by atoms with Gasteiger partial charge in [-0.15, -0.1) is 0 Å². The van der Waals surface area contributed by atoms with Crippen molar-refractivity contribution in [3.05, 3.63) is 23.8 Å². The van der Waals surface area contributed by atoms with Crippen LogP contribution >= 0.6 is 0 Å². The Hall–Kier alpha value is -1.79. The van der Waals surface area contributed by atoms with Crippen molar-refractivity contribution in [2.75, 3.05) is 33.0 Å². The number of carbonyl (C=O) groups is 1. The first-order chi connectivity index (χ1) is 11.6. The highest BCUT2D eigenvalue weighted by atomic mass is 16.7. The third-order valence-electron chi connectivity index (χ3n) is 4.28. The average molecular weight is 335 g/mol. The van der Waals surface area contributed by atoms with Crippen LogP contribution in [0.2, 0.25) is 0 Å². The van der Waals surface area contributed by atoms with Crippen LogP contribution in [0.1, 0.15) is 31.7 Å². The fraction of sp³-hybridized carbons (Fsp3) is 0.611. The van der Waals surface area contributed by atoms with Gasteiger partial charge >= 0.3 is 0 Å². The quantitative estimate of drug-likeness (QED) is 0.826. The number of rotatable bonds is 7. The third-order valence-corrected chi connectivity index (χ3v) is 4.28. The molecule has 0 spiro atoms. The number of ether oxygens (including phenoxy) is 4. The summed E-state index contributed by atoms with van der Waals surface area (Å²) in [5.74, 6) is 1.12. The zero-order valence-corrected chi connectivity index (χ0v) is 14.1. The van der Waals surface area contributed by atoms with Crippen molar-refractivity contribution in [3.63, 3.8) is 0 Å². The van der Waals surface area contributed by atoms with Crippen LogP contribution in [0.3, 0.4) is 0 Å². The fourth-order valence-electron chi connectivity index (χ4n) is 2.91. The van der Waals surface area contributed by atoms with Crippen molar-refractivity contribution >= 4 is 5.91 Å². The highest BCUT2D eigenvalue weighted by Gasteiger charge is 2.30. The molecular weight excluding hydrogens is 310 g/mol. The number of nitrogens with one attached hydrogen (secondary N) is 1. The van der Waals surface area contributed by atoms with Crippen LogP contribution in [-0.2, 0) is 20.7 Å². The van der Waals surface area contributed by atoms with Gasteiger partial charge < -0.3 is 24.3 Å². The van der Waals surface area contributed by atoms with Gasteiger partial charge in [0.05, 0.1) is 13.2 Å². The largest absolute Gasteiger partial charge is 0.486 e. The number of amides is 1. The van der Waals surface area contributed by atoms with Crippen molar-refractivity contribution < 1.29 is 23.7 Å². The maximum atomic E-state index is 11.9. The van der Waals surface area contributed by atoms with Gasteiger partial charge in [-0.05, 0) is 37.5 Å². The van der Waals surface area contributed by atoms with Crippen molar-refractivity contribution in [3.8, 4) is 11.5 Å². The Morgan fingerprint density at radius 2 is 1.88 bits per heavy atom. The summed E-state index contributed by atoms with van der Waals surface area (Å²) in [5, 5.41) is 2.93. The molecule has 0 aliphatic carbocycles. The lowest BCUT2D eigenvalue weighted by Gasteiger charge is -2.22. The van der Waals surface area contributed by atoms with E-state index in [4.69, 9.17) is 18.9 Å². The molecule has 0 aromatic heterocycles. The molecule has 24 heavy (non-hydrogen) atoms. The molecule has 2 heterocycles. The molecule has 0 radical (unpaired) electrons. The maximum absolute atomic E-state index is 11.9. The zero-order valence-electron chi connectivity index (χ0n) is 14.1. The van der Waals surface area contributed by atoms with Gasteiger partial charge in [-0.1, -0.05) is 6.07 Å². The fourth-order valence-corrected chi connectivity index (χ4v) is 2.91. The Bertz CT molecular complexity index is 569. The van der Waals surface area contributed by atoms with Crippen LogP contribution in [-0.4, -0.2) is 44.7 Å². The third kappa shape index (κ3) is 4.61. The lowest BCUT2D eigenvalue weighted by atomic mass is 10.1. The molecule has 6 heteroatoms. The van der Waals surface area contributed by atoms with Gasteiger partial charge in [0.15, 0.2) is 17.3 Å². The van der Waals surface area contributed by atoms with Gasteiger partial charge in [-0.25, -0.2) is 0 Å². The molecule has 0 unspecified atom stereocenters. The molecule has 0 saturated carbocycles. The number of aryl methyl sites for hydroxylation is 1. The first-order valence-electron chi connectivity index (χ1n) is 8.58. The molecule has 0 bridgehead atoms. The van der Waals surface area contributed by atoms with Gasteiger partial charge in [0, 0.05) is 19.4 Å². The predicted molar refractivity (Wildman–Crippen MR) is 88.3 cm³/mol. The lowest BCUT2D eigenvalue weighted by molar-refractivity contribution is -0.146. The minimum absolute atomic E-state index is 0.0640. The molecule has 6 nitrogen and oxygen atoms in total.